The fraction of sp³-hybridized carbons (Fsp3) is 0.854. The standard InChI is InChI=1S/C89H161NO18/c1-3-5-7-9-11-13-15-17-19-21-23-25-27-29-31-33-34-35-36-37-38-39-41-43-45-47-49-51-53-55-57-59-61-63-65-67-77(95)90-72(73(94)66-64-62-60-58-56-54-52-50-48-46-44-42-40-32-30-28-26-24-22-20-18-16-14-12-10-8-6-4-2)71-103-87-83(101)80(98)85(75(69-92)105-87)108-89-84(102)81(99)86(76(70-93)106-89)107-88-82(100)79(97)78(96)74(68-91)104-88/h5,7,11,13,17,19,23,25,29,31,64,66,72-76,78-89,91-94,96-102H,3-4,6,8-10,12,14-16,18,20-22,24,26-28,30,32-63,65,67-71H2,1-2H3,(H,90,95)/b7-5-,13-11-,19-17-,25-23-,31-29-,66-64+. The maximum absolute atomic E-state index is 13.5. The van der Waals surface area contributed by atoms with Crippen molar-refractivity contribution in [3.8, 4) is 0 Å². The van der Waals surface area contributed by atoms with Gasteiger partial charge in [0.05, 0.1) is 38.6 Å². The number of rotatable bonds is 71. The van der Waals surface area contributed by atoms with Crippen LogP contribution in [-0.2, 0) is 33.2 Å². The van der Waals surface area contributed by atoms with E-state index in [9.17, 15) is 61.0 Å². The van der Waals surface area contributed by atoms with Crippen molar-refractivity contribution in [2.24, 2.45) is 0 Å². The maximum atomic E-state index is 13.5. The molecule has 3 fully saturated rings. The Morgan fingerprint density at radius 2 is 0.639 bits per heavy atom. The summed E-state index contributed by atoms with van der Waals surface area (Å²) in [6, 6.07) is -0.977. The number of amides is 1. The van der Waals surface area contributed by atoms with E-state index in [0.717, 1.165) is 77.0 Å². The molecule has 0 spiro atoms. The number of aliphatic hydroxyl groups excluding tert-OH is 11. The third-order valence-electron chi connectivity index (χ3n) is 21.8. The largest absolute Gasteiger partial charge is 0.394 e. The number of carbonyl (C=O) groups excluding carboxylic acids is 1. The van der Waals surface area contributed by atoms with Crippen molar-refractivity contribution in [1.29, 1.82) is 0 Å². The van der Waals surface area contributed by atoms with Crippen molar-refractivity contribution in [2.45, 2.75) is 458 Å². The minimum absolute atomic E-state index is 0.244. The molecule has 0 bridgehead atoms. The molecule has 17 atom stereocenters. The van der Waals surface area contributed by atoms with Crippen LogP contribution in [-0.4, -0.2) is 193 Å². The normalized spacial score (nSPS) is 25.7. The van der Waals surface area contributed by atoms with Crippen molar-refractivity contribution < 1.29 is 89.4 Å². The number of aliphatic hydroxyl groups is 11. The first-order valence-electron chi connectivity index (χ1n) is 44.2. The van der Waals surface area contributed by atoms with Crippen LogP contribution in [0.2, 0.25) is 0 Å². The second-order valence-corrected chi connectivity index (χ2v) is 31.3. The Morgan fingerprint density at radius 1 is 0.343 bits per heavy atom. The molecule has 0 aliphatic carbocycles. The van der Waals surface area contributed by atoms with E-state index in [2.05, 4.69) is 79.9 Å². The number of ether oxygens (including phenoxy) is 6. The lowest BCUT2D eigenvalue weighted by atomic mass is 9.96. The highest BCUT2D eigenvalue weighted by molar-refractivity contribution is 5.76. The number of hydrogen-bond donors (Lipinski definition) is 12. The third kappa shape index (κ3) is 47.2. The van der Waals surface area contributed by atoms with Crippen molar-refractivity contribution in [3.05, 3.63) is 72.9 Å². The quantitative estimate of drug-likeness (QED) is 0.0199. The van der Waals surface area contributed by atoms with E-state index in [0.29, 0.717) is 6.42 Å². The summed E-state index contributed by atoms with van der Waals surface area (Å²) < 4.78 is 34.5. The van der Waals surface area contributed by atoms with Crippen LogP contribution in [0.1, 0.15) is 354 Å². The van der Waals surface area contributed by atoms with Crippen LogP contribution in [0.25, 0.3) is 0 Å². The summed E-state index contributed by atoms with van der Waals surface area (Å²) in [6.07, 6.45) is 64.7. The van der Waals surface area contributed by atoms with Crippen molar-refractivity contribution in [2.75, 3.05) is 26.4 Å². The molecule has 17 unspecified atom stereocenters. The maximum Gasteiger partial charge on any atom is 0.220 e. The van der Waals surface area contributed by atoms with Gasteiger partial charge in [0.2, 0.25) is 5.91 Å². The number of allylic oxidation sites excluding steroid dienone is 11. The average Bonchev–Trinajstić information content (AvgIpc) is 0.774. The molecule has 0 aromatic rings. The summed E-state index contributed by atoms with van der Waals surface area (Å²) in [4.78, 5) is 13.5. The first kappa shape index (κ1) is 99.4. The zero-order valence-electron chi connectivity index (χ0n) is 67.8. The van der Waals surface area contributed by atoms with Gasteiger partial charge in [-0.05, 0) is 64.2 Å². The highest BCUT2D eigenvalue weighted by Crippen LogP contribution is 2.33. The number of carbonyl (C=O) groups is 1. The molecule has 630 valence electrons. The first-order chi connectivity index (χ1) is 52.8. The van der Waals surface area contributed by atoms with Crippen LogP contribution < -0.4 is 5.32 Å². The van der Waals surface area contributed by atoms with Gasteiger partial charge in [0.15, 0.2) is 18.9 Å². The highest BCUT2D eigenvalue weighted by atomic mass is 16.8. The Labute approximate surface area is 655 Å². The van der Waals surface area contributed by atoms with Gasteiger partial charge in [-0.25, -0.2) is 0 Å². The van der Waals surface area contributed by atoms with Crippen LogP contribution in [0.15, 0.2) is 72.9 Å². The Morgan fingerprint density at radius 3 is 1.00 bits per heavy atom. The van der Waals surface area contributed by atoms with E-state index in [-0.39, 0.29) is 18.9 Å². The topological polar surface area (TPSA) is 307 Å². The molecule has 0 radical (unpaired) electrons. The smallest absolute Gasteiger partial charge is 0.220 e. The highest BCUT2D eigenvalue weighted by Gasteiger charge is 2.54. The first-order valence-corrected chi connectivity index (χ1v) is 44.2. The zero-order valence-corrected chi connectivity index (χ0v) is 67.8. The SMILES string of the molecule is CC/C=C\C/C=C\C/C=C\C/C=C\C/C=C\CCCCCCCCCCCCCCCCCCCCCC(=O)NC(COC1OC(CO)C(OC2OC(CO)C(OC3OC(CO)C(O)C(O)C3O)C(O)C2O)C(O)C1O)C(O)/C=C/CCCCCCCCCCCCCCCCCCCCCCCCCCCC. The van der Waals surface area contributed by atoms with Crippen molar-refractivity contribution >= 4 is 5.91 Å². The molecule has 1 amide bonds. The molecule has 12 N–H and O–H groups in total. The van der Waals surface area contributed by atoms with Gasteiger partial charge < -0.3 is 89.9 Å². The predicted molar refractivity (Wildman–Crippen MR) is 434 cm³/mol. The van der Waals surface area contributed by atoms with Gasteiger partial charge in [-0.15, -0.1) is 0 Å². The molecule has 3 heterocycles. The van der Waals surface area contributed by atoms with Crippen molar-refractivity contribution in [1.82, 2.24) is 5.32 Å². The average molecular weight is 1530 g/mol. The second kappa shape index (κ2) is 68.6. The fourth-order valence-electron chi connectivity index (χ4n) is 14.8. The predicted octanol–water partition coefficient (Wildman–Crippen LogP) is 16.3. The molecular weight excluding hydrogens is 1370 g/mol. The summed E-state index contributed by atoms with van der Waals surface area (Å²) in [5.74, 6) is -0.270. The van der Waals surface area contributed by atoms with Gasteiger partial charge in [0.1, 0.15) is 73.2 Å². The molecule has 108 heavy (non-hydrogen) atoms. The van der Waals surface area contributed by atoms with Crippen LogP contribution >= 0.6 is 0 Å². The Balaban J connectivity index is 1.33. The van der Waals surface area contributed by atoms with Gasteiger partial charge in [-0.2, -0.15) is 0 Å². The molecule has 0 aromatic heterocycles. The minimum atomic E-state index is -1.98. The Hall–Kier alpha value is -2.77. The molecule has 3 aliphatic heterocycles. The van der Waals surface area contributed by atoms with E-state index >= 15 is 0 Å². The van der Waals surface area contributed by atoms with E-state index in [4.69, 9.17) is 28.4 Å². The molecule has 3 aliphatic rings. The lowest BCUT2D eigenvalue weighted by Gasteiger charge is -2.48. The van der Waals surface area contributed by atoms with Gasteiger partial charge >= 0.3 is 0 Å². The lowest BCUT2D eigenvalue weighted by molar-refractivity contribution is -0.379. The van der Waals surface area contributed by atoms with E-state index < -0.39 is 124 Å². The summed E-state index contributed by atoms with van der Waals surface area (Å²) >= 11 is 0. The van der Waals surface area contributed by atoms with Crippen LogP contribution in [0.5, 0.6) is 0 Å². The fourth-order valence-corrected chi connectivity index (χ4v) is 14.8. The summed E-state index contributed by atoms with van der Waals surface area (Å²) in [6.45, 7) is 1.68. The molecule has 19 nitrogen and oxygen atoms in total. The molecule has 0 saturated carbocycles. The summed E-state index contributed by atoms with van der Waals surface area (Å²) in [5, 5.41) is 121. The van der Waals surface area contributed by atoms with Crippen LogP contribution in [0.4, 0.5) is 0 Å². The Kier molecular flexibility index (Phi) is 63.2. The molecule has 0 aromatic carbocycles. The lowest BCUT2D eigenvalue weighted by Crippen LogP contribution is -2.66. The molecule has 19 heteroatoms. The molecule has 3 saturated heterocycles. The van der Waals surface area contributed by atoms with Crippen molar-refractivity contribution in [3.63, 3.8) is 0 Å². The third-order valence-corrected chi connectivity index (χ3v) is 21.8. The number of unbranched alkanes of at least 4 members (excludes halogenated alkanes) is 45. The molecule has 3 rings (SSSR count). The van der Waals surface area contributed by atoms with E-state index in [1.54, 1.807) is 6.08 Å². The van der Waals surface area contributed by atoms with Crippen LogP contribution in [0.3, 0.4) is 0 Å². The van der Waals surface area contributed by atoms with Crippen LogP contribution in [0, 0.1) is 0 Å². The minimum Gasteiger partial charge on any atom is -0.394 e. The van der Waals surface area contributed by atoms with Gasteiger partial charge in [-0.3, -0.25) is 4.79 Å². The van der Waals surface area contributed by atoms with E-state index in [1.807, 2.05) is 6.08 Å². The number of nitrogens with one attached hydrogen (secondary N) is 1. The second-order valence-electron chi connectivity index (χ2n) is 31.3. The number of hydrogen-bond acceptors (Lipinski definition) is 18. The monoisotopic (exact) mass is 1530 g/mol. The Bertz CT molecular complexity index is 2230. The summed E-state index contributed by atoms with van der Waals surface area (Å²) in [5.41, 5.74) is 0. The van der Waals surface area contributed by atoms with Gasteiger partial charge in [0.25, 0.3) is 0 Å². The molecular formula is C89H161NO18. The van der Waals surface area contributed by atoms with E-state index in [1.165, 1.54) is 250 Å². The van der Waals surface area contributed by atoms with Gasteiger partial charge in [-0.1, -0.05) is 356 Å². The zero-order chi connectivity index (χ0) is 78.1. The summed E-state index contributed by atoms with van der Waals surface area (Å²) in [7, 11) is 0. The van der Waals surface area contributed by atoms with Gasteiger partial charge in [0, 0.05) is 6.42 Å².